The van der Waals surface area contributed by atoms with Gasteiger partial charge in [-0.15, -0.1) is 0 Å². The molecule has 0 saturated heterocycles. The molecule has 0 spiro atoms. The van der Waals surface area contributed by atoms with E-state index in [4.69, 9.17) is 4.74 Å². The molecule has 0 atom stereocenters. The number of amides is 1. The van der Waals surface area contributed by atoms with Crippen LogP contribution < -0.4 is 5.32 Å². The van der Waals surface area contributed by atoms with Gasteiger partial charge in [-0.3, -0.25) is 4.79 Å². The van der Waals surface area contributed by atoms with E-state index in [1.807, 2.05) is 36.4 Å². The van der Waals surface area contributed by atoms with Crippen molar-refractivity contribution >= 4 is 11.7 Å². The summed E-state index contributed by atoms with van der Waals surface area (Å²) < 4.78 is 7.95. The number of anilines is 1. The Hall–Kier alpha value is -3.44. The van der Waals surface area contributed by atoms with Crippen LogP contribution in [0.15, 0.2) is 48.8 Å². The van der Waals surface area contributed by atoms with Crippen molar-refractivity contribution in [3.8, 4) is 11.8 Å². The molecule has 3 rings (SSSR count). The number of aromatic nitrogens is 4. The molecule has 0 fully saturated rings. The zero-order valence-electron chi connectivity index (χ0n) is 12.9. The molecule has 2 aromatic heterocycles. The summed E-state index contributed by atoms with van der Waals surface area (Å²) in [5.41, 5.74) is 1.22. The first-order chi connectivity index (χ1) is 11.7. The van der Waals surface area contributed by atoms with Crippen molar-refractivity contribution < 1.29 is 9.53 Å². The van der Waals surface area contributed by atoms with E-state index in [1.165, 1.54) is 15.6 Å². The fourth-order valence-corrected chi connectivity index (χ4v) is 2.17. The molecule has 3 aromatic rings. The van der Waals surface area contributed by atoms with Gasteiger partial charge in [0, 0.05) is 13.3 Å². The van der Waals surface area contributed by atoms with E-state index in [1.54, 1.807) is 19.4 Å². The van der Waals surface area contributed by atoms with Gasteiger partial charge in [0.1, 0.15) is 18.4 Å². The first-order valence-electron chi connectivity index (χ1n) is 7.10. The Morgan fingerprint density at radius 2 is 2.12 bits per heavy atom. The van der Waals surface area contributed by atoms with Crippen LogP contribution in [0.4, 0.5) is 5.82 Å². The molecular weight excluding hydrogens is 308 g/mol. The van der Waals surface area contributed by atoms with E-state index in [-0.39, 0.29) is 18.0 Å². The summed E-state index contributed by atoms with van der Waals surface area (Å²) in [6.45, 7) is 0.249. The van der Waals surface area contributed by atoms with Gasteiger partial charge in [-0.05, 0) is 18.2 Å². The molecule has 0 aliphatic carbocycles. The second kappa shape index (κ2) is 6.76. The van der Waals surface area contributed by atoms with Crippen LogP contribution in [-0.4, -0.2) is 32.6 Å². The lowest BCUT2D eigenvalue weighted by Gasteiger charge is -2.08. The molecule has 0 aliphatic heterocycles. The SMILES string of the molecule is COCn1ccc(C(=O)Nc2c(C#N)cnn2-c2ccccc2)n1. The Bertz CT molecular complexity index is 891. The molecule has 24 heavy (non-hydrogen) atoms. The number of methoxy groups -OCH3 is 1. The van der Waals surface area contributed by atoms with Gasteiger partial charge in [0.15, 0.2) is 11.5 Å². The zero-order valence-corrected chi connectivity index (χ0v) is 12.9. The predicted molar refractivity (Wildman–Crippen MR) is 85.5 cm³/mol. The lowest BCUT2D eigenvalue weighted by Crippen LogP contribution is -2.17. The van der Waals surface area contributed by atoms with E-state index in [0.717, 1.165) is 5.69 Å². The molecule has 8 nitrogen and oxygen atoms in total. The molecule has 1 N–H and O–H groups in total. The number of benzene rings is 1. The van der Waals surface area contributed by atoms with Crippen LogP contribution in [0.2, 0.25) is 0 Å². The average molecular weight is 322 g/mol. The molecule has 120 valence electrons. The summed E-state index contributed by atoms with van der Waals surface area (Å²) >= 11 is 0. The van der Waals surface area contributed by atoms with Crippen LogP contribution in [0.1, 0.15) is 16.1 Å². The van der Waals surface area contributed by atoms with Gasteiger partial charge in [-0.1, -0.05) is 18.2 Å². The van der Waals surface area contributed by atoms with Gasteiger partial charge in [0.05, 0.1) is 11.9 Å². The van der Waals surface area contributed by atoms with Crippen molar-refractivity contribution in [2.75, 3.05) is 12.4 Å². The van der Waals surface area contributed by atoms with E-state index in [2.05, 4.69) is 15.5 Å². The Labute approximate surface area is 137 Å². The van der Waals surface area contributed by atoms with Crippen LogP contribution in [0.25, 0.3) is 5.69 Å². The van der Waals surface area contributed by atoms with Crippen LogP contribution >= 0.6 is 0 Å². The number of nitriles is 1. The van der Waals surface area contributed by atoms with Crippen LogP contribution in [0, 0.1) is 11.3 Å². The van der Waals surface area contributed by atoms with Gasteiger partial charge >= 0.3 is 0 Å². The number of hydrogen-bond acceptors (Lipinski definition) is 5. The number of rotatable bonds is 5. The number of para-hydroxylation sites is 1. The molecule has 0 radical (unpaired) electrons. The Morgan fingerprint density at radius 3 is 2.83 bits per heavy atom. The van der Waals surface area contributed by atoms with Crippen molar-refractivity contribution in [1.82, 2.24) is 19.6 Å². The summed E-state index contributed by atoms with van der Waals surface area (Å²) in [7, 11) is 1.54. The minimum atomic E-state index is -0.431. The third-order valence-corrected chi connectivity index (χ3v) is 3.26. The molecule has 2 heterocycles. The highest BCUT2D eigenvalue weighted by molar-refractivity contribution is 6.03. The highest BCUT2D eigenvalue weighted by Gasteiger charge is 2.17. The lowest BCUT2D eigenvalue weighted by molar-refractivity contribution is 0.101. The minimum absolute atomic E-state index is 0.219. The number of nitrogens with zero attached hydrogens (tertiary/aromatic N) is 5. The van der Waals surface area contributed by atoms with Crippen molar-refractivity contribution in [2.45, 2.75) is 6.73 Å². The Balaban J connectivity index is 1.90. The fourth-order valence-electron chi connectivity index (χ4n) is 2.17. The number of carbonyl (C=O) groups excluding carboxylic acids is 1. The van der Waals surface area contributed by atoms with Crippen LogP contribution in [-0.2, 0) is 11.5 Å². The molecule has 0 bridgehead atoms. The van der Waals surface area contributed by atoms with Crippen molar-refractivity contribution in [3.05, 3.63) is 60.0 Å². The van der Waals surface area contributed by atoms with Gasteiger partial charge in [-0.25, -0.2) is 9.36 Å². The normalized spacial score (nSPS) is 10.3. The number of ether oxygens (including phenoxy) is 1. The first kappa shape index (κ1) is 15.5. The maximum Gasteiger partial charge on any atom is 0.277 e. The van der Waals surface area contributed by atoms with Crippen molar-refractivity contribution in [1.29, 1.82) is 5.26 Å². The largest absolute Gasteiger partial charge is 0.362 e. The van der Waals surface area contributed by atoms with Gasteiger partial charge in [0.2, 0.25) is 0 Å². The average Bonchev–Trinajstić information content (AvgIpc) is 3.23. The van der Waals surface area contributed by atoms with Crippen LogP contribution in [0.5, 0.6) is 0 Å². The summed E-state index contributed by atoms with van der Waals surface area (Å²) in [6.07, 6.45) is 3.05. The van der Waals surface area contributed by atoms with Crippen LogP contribution in [0.3, 0.4) is 0 Å². The Kier molecular flexibility index (Phi) is 4.36. The maximum atomic E-state index is 12.4. The van der Waals surface area contributed by atoms with Crippen molar-refractivity contribution in [2.24, 2.45) is 0 Å². The summed E-state index contributed by atoms with van der Waals surface area (Å²) in [5.74, 6) is -0.131. The van der Waals surface area contributed by atoms with Gasteiger partial charge < -0.3 is 10.1 Å². The minimum Gasteiger partial charge on any atom is -0.362 e. The second-order valence-corrected chi connectivity index (χ2v) is 4.88. The topological polar surface area (TPSA) is 97.8 Å². The van der Waals surface area contributed by atoms with E-state index >= 15 is 0 Å². The van der Waals surface area contributed by atoms with Gasteiger partial charge in [-0.2, -0.15) is 15.5 Å². The molecule has 0 unspecified atom stereocenters. The summed E-state index contributed by atoms with van der Waals surface area (Å²) in [5, 5.41) is 20.2. The maximum absolute atomic E-state index is 12.4. The van der Waals surface area contributed by atoms with E-state index < -0.39 is 5.91 Å². The lowest BCUT2D eigenvalue weighted by atomic mass is 10.3. The van der Waals surface area contributed by atoms with E-state index in [9.17, 15) is 10.1 Å². The summed E-state index contributed by atoms with van der Waals surface area (Å²) in [4.78, 5) is 12.4. The van der Waals surface area contributed by atoms with Crippen molar-refractivity contribution in [3.63, 3.8) is 0 Å². The molecule has 8 heteroatoms. The molecule has 1 aromatic carbocycles. The number of nitrogens with one attached hydrogen (secondary N) is 1. The van der Waals surface area contributed by atoms with Gasteiger partial charge in [0.25, 0.3) is 5.91 Å². The molecule has 1 amide bonds. The fraction of sp³-hybridized carbons (Fsp3) is 0.125. The smallest absolute Gasteiger partial charge is 0.277 e. The number of carbonyl (C=O) groups is 1. The molecule has 0 aliphatic rings. The first-order valence-corrected chi connectivity index (χ1v) is 7.10. The highest BCUT2D eigenvalue weighted by Crippen LogP contribution is 2.20. The number of hydrogen-bond donors (Lipinski definition) is 1. The monoisotopic (exact) mass is 322 g/mol. The second-order valence-electron chi connectivity index (χ2n) is 4.88. The Morgan fingerprint density at radius 1 is 1.33 bits per heavy atom. The third kappa shape index (κ3) is 3.02. The molecular formula is C16H14N6O2. The highest BCUT2D eigenvalue weighted by atomic mass is 16.5. The molecule has 0 saturated carbocycles. The predicted octanol–water partition coefficient (Wildman–Crippen LogP) is 1.80. The third-order valence-electron chi connectivity index (χ3n) is 3.26. The standard InChI is InChI=1S/C16H14N6O2/c1-24-11-21-8-7-14(20-21)16(23)19-15-12(9-17)10-18-22(15)13-5-3-2-4-6-13/h2-8,10H,11H2,1H3,(H,19,23). The summed E-state index contributed by atoms with van der Waals surface area (Å²) in [6, 6.07) is 12.8. The van der Waals surface area contributed by atoms with E-state index in [0.29, 0.717) is 5.82 Å². The zero-order chi connectivity index (χ0) is 16.9. The quantitative estimate of drug-likeness (QED) is 0.772.